The minimum absolute atomic E-state index is 0.231. The quantitative estimate of drug-likeness (QED) is 0.916. The monoisotopic (exact) mass is 265 g/mol. The number of nitrogens with one attached hydrogen (secondary N) is 1. The molecule has 0 fully saturated rings. The van der Waals surface area contributed by atoms with Crippen LogP contribution in [-0.2, 0) is 13.5 Å². The van der Waals surface area contributed by atoms with E-state index in [0.717, 1.165) is 5.69 Å². The average Bonchev–Trinajstić information content (AvgIpc) is 2.70. The Morgan fingerprint density at radius 2 is 2.28 bits per heavy atom. The average molecular weight is 266 g/mol. The van der Waals surface area contributed by atoms with Crippen LogP contribution in [0.5, 0.6) is 0 Å². The summed E-state index contributed by atoms with van der Waals surface area (Å²) in [4.78, 5) is 19.8. The summed E-state index contributed by atoms with van der Waals surface area (Å²) < 4.78 is 1.61. The van der Waals surface area contributed by atoms with Crippen LogP contribution >= 0.6 is 11.6 Å². The van der Waals surface area contributed by atoms with Crippen molar-refractivity contribution in [2.75, 3.05) is 5.32 Å². The third-order valence-electron chi connectivity index (χ3n) is 2.33. The maximum Gasteiger partial charge on any atom is 0.260 e. The van der Waals surface area contributed by atoms with E-state index >= 15 is 0 Å². The van der Waals surface area contributed by atoms with Gasteiger partial charge in [0.05, 0.1) is 23.7 Å². The fraction of sp³-hybridized carbons (Fsp3) is 0.273. The Labute approximate surface area is 109 Å². The van der Waals surface area contributed by atoms with Crippen LogP contribution < -0.4 is 5.32 Å². The first kappa shape index (κ1) is 12.5. The van der Waals surface area contributed by atoms with Crippen LogP contribution in [-0.4, -0.2) is 25.7 Å². The molecule has 0 aliphatic rings. The van der Waals surface area contributed by atoms with Crippen molar-refractivity contribution >= 4 is 23.3 Å². The van der Waals surface area contributed by atoms with Crippen LogP contribution in [0.4, 0.5) is 5.82 Å². The lowest BCUT2D eigenvalue weighted by Gasteiger charge is -2.03. The van der Waals surface area contributed by atoms with Gasteiger partial charge in [0.2, 0.25) is 0 Å². The van der Waals surface area contributed by atoms with Gasteiger partial charge in [0.1, 0.15) is 5.15 Å². The Kier molecular flexibility index (Phi) is 3.57. The molecule has 1 N–H and O–H groups in total. The number of anilines is 1. The van der Waals surface area contributed by atoms with Crippen LogP contribution in [0.25, 0.3) is 0 Å². The summed E-state index contributed by atoms with van der Waals surface area (Å²) in [5.74, 6) is 0.0509. The standard InChI is InChI=1S/C11H12ClN5O/c1-3-8-7(6-17(2)16-8)11(18)15-10-5-13-4-9(12)14-10/h4-6H,3H2,1-2H3,(H,14,15,18). The first-order valence-corrected chi connectivity index (χ1v) is 5.79. The highest BCUT2D eigenvalue weighted by Crippen LogP contribution is 2.11. The number of hydrogen-bond donors (Lipinski definition) is 1. The van der Waals surface area contributed by atoms with Gasteiger partial charge in [-0.05, 0) is 6.42 Å². The second-order valence-corrected chi connectivity index (χ2v) is 4.09. The first-order chi connectivity index (χ1) is 8.60. The summed E-state index contributed by atoms with van der Waals surface area (Å²) in [6, 6.07) is 0. The number of hydrogen-bond acceptors (Lipinski definition) is 4. The Morgan fingerprint density at radius 1 is 1.50 bits per heavy atom. The van der Waals surface area contributed by atoms with Crippen molar-refractivity contribution in [3.05, 3.63) is 35.0 Å². The number of aromatic nitrogens is 4. The van der Waals surface area contributed by atoms with E-state index in [1.165, 1.54) is 12.4 Å². The molecule has 2 aromatic heterocycles. The first-order valence-electron chi connectivity index (χ1n) is 5.41. The van der Waals surface area contributed by atoms with E-state index in [0.29, 0.717) is 17.8 Å². The summed E-state index contributed by atoms with van der Waals surface area (Å²) in [6.07, 6.45) is 5.20. The van der Waals surface area contributed by atoms with Crippen molar-refractivity contribution in [3.8, 4) is 0 Å². The molecule has 0 aromatic carbocycles. The van der Waals surface area contributed by atoms with Crippen molar-refractivity contribution in [1.82, 2.24) is 19.7 Å². The molecule has 2 heterocycles. The molecular formula is C11H12ClN5O. The minimum Gasteiger partial charge on any atom is -0.305 e. The van der Waals surface area contributed by atoms with Gasteiger partial charge in [-0.1, -0.05) is 18.5 Å². The molecule has 0 radical (unpaired) electrons. The zero-order valence-electron chi connectivity index (χ0n) is 10.0. The number of carbonyl (C=O) groups excluding carboxylic acids is 1. The molecular weight excluding hydrogens is 254 g/mol. The number of nitrogens with zero attached hydrogens (tertiary/aromatic N) is 4. The van der Waals surface area contributed by atoms with Gasteiger partial charge >= 0.3 is 0 Å². The highest BCUT2D eigenvalue weighted by atomic mass is 35.5. The van der Waals surface area contributed by atoms with E-state index in [9.17, 15) is 4.79 Å². The zero-order chi connectivity index (χ0) is 13.1. The summed E-state index contributed by atoms with van der Waals surface area (Å²) in [5.41, 5.74) is 1.27. The molecule has 0 atom stereocenters. The molecule has 18 heavy (non-hydrogen) atoms. The third kappa shape index (κ3) is 2.65. The van der Waals surface area contributed by atoms with Crippen LogP contribution in [0.2, 0.25) is 5.15 Å². The third-order valence-corrected chi connectivity index (χ3v) is 2.51. The Hall–Kier alpha value is -1.95. The van der Waals surface area contributed by atoms with E-state index in [1.54, 1.807) is 17.9 Å². The highest BCUT2D eigenvalue weighted by Gasteiger charge is 2.15. The van der Waals surface area contributed by atoms with Crippen LogP contribution in [0.1, 0.15) is 23.0 Å². The van der Waals surface area contributed by atoms with Gasteiger partial charge in [-0.2, -0.15) is 5.10 Å². The number of halogens is 1. The molecule has 7 heteroatoms. The van der Waals surface area contributed by atoms with Crippen LogP contribution in [0.3, 0.4) is 0 Å². The molecule has 6 nitrogen and oxygen atoms in total. The van der Waals surface area contributed by atoms with E-state index in [-0.39, 0.29) is 11.1 Å². The Morgan fingerprint density at radius 3 is 2.94 bits per heavy atom. The number of rotatable bonds is 3. The molecule has 0 spiro atoms. The minimum atomic E-state index is -0.267. The van der Waals surface area contributed by atoms with E-state index < -0.39 is 0 Å². The topological polar surface area (TPSA) is 72.7 Å². The predicted octanol–water partition coefficient (Wildman–Crippen LogP) is 1.68. The molecule has 94 valence electrons. The van der Waals surface area contributed by atoms with E-state index in [2.05, 4.69) is 20.4 Å². The van der Waals surface area contributed by atoms with Gasteiger partial charge in [0.25, 0.3) is 5.91 Å². The SMILES string of the molecule is CCc1nn(C)cc1C(=O)Nc1cncc(Cl)n1. The van der Waals surface area contributed by atoms with Gasteiger partial charge in [0.15, 0.2) is 5.82 Å². The second kappa shape index (κ2) is 5.14. The molecule has 0 unspecified atom stereocenters. The zero-order valence-corrected chi connectivity index (χ0v) is 10.8. The van der Waals surface area contributed by atoms with Crippen LogP contribution in [0.15, 0.2) is 18.6 Å². The summed E-state index contributed by atoms with van der Waals surface area (Å²) in [7, 11) is 1.77. The maximum atomic E-state index is 12.0. The van der Waals surface area contributed by atoms with Crippen LogP contribution in [0, 0.1) is 0 Å². The largest absolute Gasteiger partial charge is 0.305 e. The van der Waals surface area contributed by atoms with Gasteiger partial charge in [-0.25, -0.2) is 4.98 Å². The molecule has 2 rings (SSSR count). The van der Waals surface area contributed by atoms with Crippen molar-refractivity contribution in [1.29, 1.82) is 0 Å². The smallest absolute Gasteiger partial charge is 0.260 e. The molecule has 0 saturated carbocycles. The lowest BCUT2D eigenvalue weighted by Crippen LogP contribution is -2.14. The van der Waals surface area contributed by atoms with E-state index in [4.69, 9.17) is 11.6 Å². The molecule has 0 bridgehead atoms. The lowest BCUT2D eigenvalue weighted by atomic mass is 10.2. The molecule has 1 amide bonds. The fourth-order valence-electron chi connectivity index (χ4n) is 1.57. The van der Waals surface area contributed by atoms with Crippen molar-refractivity contribution in [2.24, 2.45) is 7.05 Å². The van der Waals surface area contributed by atoms with Gasteiger partial charge < -0.3 is 5.32 Å². The van der Waals surface area contributed by atoms with Gasteiger partial charge in [-0.15, -0.1) is 0 Å². The fourth-order valence-corrected chi connectivity index (χ4v) is 1.72. The Bertz CT molecular complexity index is 581. The number of aryl methyl sites for hydroxylation is 2. The lowest BCUT2D eigenvalue weighted by molar-refractivity contribution is 0.102. The van der Waals surface area contributed by atoms with Gasteiger partial charge in [0, 0.05) is 13.2 Å². The summed E-state index contributed by atoms with van der Waals surface area (Å²) in [6.45, 7) is 1.94. The van der Waals surface area contributed by atoms with Crippen molar-refractivity contribution < 1.29 is 4.79 Å². The van der Waals surface area contributed by atoms with Crippen molar-refractivity contribution in [2.45, 2.75) is 13.3 Å². The number of carbonyl (C=O) groups is 1. The Balaban J connectivity index is 2.21. The molecule has 0 saturated heterocycles. The van der Waals surface area contributed by atoms with Gasteiger partial charge in [-0.3, -0.25) is 14.5 Å². The number of amides is 1. The molecule has 2 aromatic rings. The summed E-state index contributed by atoms with van der Waals surface area (Å²) in [5, 5.41) is 7.07. The van der Waals surface area contributed by atoms with Crippen molar-refractivity contribution in [3.63, 3.8) is 0 Å². The maximum absolute atomic E-state index is 12.0. The second-order valence-electron chi connectivity index (χ2n) is 3.70. The predicted molar refractivity (Wildman–Crippen MR) is 67.6 cm³/mol. The highest BCUT2D eigenvalue weighted by molar-refractivity contribution is 6.29. The summed E-state index contributed by atoms with van der Waals surface area (Å²) >= 11 is 5.70. The normalized spacial score (nSPS) is 10.4. The molecule has 0 aliphatic heterocycles. The van der Waals surface area contributed by atoms with E-state index in [1.807, 2.05) is 6.92 Å². The molecule has 0 aliphatic carbocycles.